The Balaban J connectivity index is 2.62. The summed E-state index contributed by atoms with van der Waals surface area (Å²) in [5.74, 6) is 1.97. The molecule has 1 aromatic carbocycles. The normalized spacial score (nSPS) is 10.5. The molecule has 2 rings (SSSR count). The van der Waals surface area contributed by atoms with Crippen molar-refractivity contribution in [2.75, 3.05) is 27.1 Å². The number of nitrogens with zero attached hydrogens (tertiary/aromatic N) is 2. The maximum absolute atomic E-state index is 5.93. The van der Waals surface area contributed by atoms with Gasteiger partial charge in [-0.05, 0) is 28.1 Å². The largest absolute Gasteiger partial charge is 0.493 e. The lowest BCUT2D eigenvalue weighted by molar-refractivity contribution is 0.181. The van der Waals surface area contributed by atoms with Gasteiger partial charge in [-0.25, -0.2) is 9.97 Å². The second-order valence-electron chi connectivity index (χ2n) is 4.17. The Bertz CT molecular complexity index is 650. The number of hydrogen-bond donors (Lipinski definition) is 1. The van der Waals surface area contributed by atoms with Crippen LogP contribution in [0.2, 0.25) is 0 Å². The molecule has 1 aromatic heterocycles. The Kier molecular flexibility index (Phi) is 4.98. The van der Waals surface area contributed by atoms with Crippen LogP contribution in [-0.2, 0) is 11.3 Å². The van der Waals surface area contributed by atoms with Gasteiger partial charge < -0.3 is 19.9 Å². The second kappa shape index (κ2) is 6.73. The third-order valence-corrected chi connectivity index (χ3v) is 3.73. The topological polar surface area (TPSA) is 79.5 Å². The SMILES string of the molecule is COCc1nc(-c2cccc(OC)c2OC)nc(N)c1Br. The van der Waals surface area contributed by atoms with Crippen LogP contribution in [0.5, 0.6) is 11.5 Å². The number of hydrogen-bond acceptors (Lipinski definition) is 6. The lowest BCUT2D eigenvalue weighted by Gasteiger charge is -2.13. The van der Waals surface area contributed by atoms with E-state index in [4.69, 9.17) is 19.9 Å². The fraction of sp³-hybridized carbons (Fsp3) is 0.286. The van der Waals surface area contributed by atoms with E-state index in [-0.39, 0.29) is 0 Å². The summed E-state index contributed by atoms with van der Waals surface area (Å²) in [7, 11) is 4.74. The van der Waals surface area contributed by atoms with Crippen LogP contribution < -0.4 is 15.2 Å². The fourth-order valence-electron chi connectivity index (χ4n) is 1.93. The van der Waals surface area contributed by atoms with Gasteiger partial charge in [0.2, 0.25) is 0 Å². The summed E-state index contributed by atoms with van der Waals surface area (Å²) in [5, 5.41) is 0. The summed E-state index contributed by atoms with van der Waals surface area (Å²) < 4.78 is 16.4. The number of methoxy groups -OCH3 is 3. The molecule has 0 aliphatic carbocycles. The molecule has 7 heteroatoms. The van der Waals surface area contributed by atoms with E-state index in [9.17, 15) is 0 Å². The first-order chi connectivity index (χ1) is 10.1. The summed E-state index contributed by atoms with van der Waals surface area (Å²) in [4.78, 5) is 8.78. The predicted octanol–water partition coefficient (Wildman–Crippen LogP) is 2.65. The van der Waals surface area contributed by atoms with Crippen molar-refractivity contribution in [1.82, 2.24) is 9.97 Å². The van der Waals surface area contributed by atoms with Crippen LogP contribution in [0.15, 0.2) is 22.7 Å². The van der Waals surface area contributed by atoms with Gasteiger partial charge in [0.05, 0.1) is 36.6 Å². The number of rotatable bonds is 5. The Morgan fingerprint density at radius 2 is 1.90 bits per heavy atom. The molecular formula is C14H16BrN3O3. The van der Waals surface area contributed by atoms with E-state index in [0.717, 1.165) is 0 Å². The van der Waals surface area contributed by atoms with Crippen molar-refractivity contribution < 1.29 is 14.2 Å². The molecule has 112 valence electrons. The summed E-state index contributed by atoms with van der Waals surface area (Å²) in [6.45, 7) is 0.326. The monoisotopic (exact) mass is 353 g/mol. The standard InChI is InChI=1S/C14H16BrN3O3/c1-19-7-9-11(15)13(16)18-14(17-9)8-5-4-6-10(20-2)12(8)21-3/h4-6H,7H2,1-3H3,(H2,16,17,18). The molecule has 0 atom stereocenters. The first kappa shape index (κ1) is 15.5. The van der Waals surface area contributed by atoms with Crippen LogP contribution >= 0.6 is 15.9 Å². The minimum Gasteiger partial charge on any atom is -0.493 e. The molecule has 0 fully saturated rings. The van der Waals surface area contributed by atoms with E-state index >= 15 is 0 Å². The van der Waals surface area contributed by atoms with Crippen LogP contribution in [0.25, 0.3) is 11.4 Å². The van der Waals surface area contributed by atoms with E-state index in [1.807, 2.05) is 12.1 Å². The molecule has 2 aromatic rings. The van der Waals surface area contributed by atoms with Crippen LogP contribution in [0.1, 0.15) is 5.69 Å². The number of anilines is 1. The van der Waals surface area contributed by atoms with Crippen LogP contribution in [0, 0.1) is 0 Å². The van der Waals surface area contributed by atoms with Gasteiger partial charge in [0.25, 0.3) is 0 Å². The smallest absolute Gasteiger partial charge is 0.171 e. The molecule has 0 saturated carbocycles. The van der Waals surface area contributed by atoms with E-state index in [1.54, 1.807) is 27.4 Å². The average molecular weight is 354 g/mol. The van der Waals surface area contributed by atoms with Gasteiger partial charge in [0, 0.05) is 7.11 Å². The minimum atomic E-state index is 0.326. The van der Waals surface area contributed by atoms with Gasteiger partial charge in [-0.3, -0.25) is 0 Å². The molecule has 0 unspecified atom stereocenters. The number of aromatic nitrogens is 2. The predicted molar refractivity (Wildman–Crippen MR) is 83.4 cm³/mol. The second-order valence-corrected chi connectivity index (χ2v) is 4.96. The summed E-state index contributed by atoms with van der Waals surface area (Å²) in [5.41, 5.74) is 7.30. The fourth-order valence-corrected chi connectivity index (χ4v) is 2.22. The molecular weight excluding hydrogens is 338 g/mol. The molecule has 6 nitrogen and oxygen atoms in total. The lowest BCUT2D eigenvalue weighted by Crippen LogP contribution is -2.05. The number of nitrogens with two attached hydrogens (primary N) is 1. The van der Waals surface area contributed by atoms with Crippen molar-refractivity contribution in [3.8, 4) is 22.9 Å². The van der Waals surface area contributed by atoms with Gasteiger partial charge in [0.1, 0.15) is 5.82 Å². The molecule has 0 radical (unpaired) electrons. The highest BCUT2D eigenvalue weighted by Gasteiger charge is 2.17. The molecule has 21 heavy (non-hydrogen) atoms. The van der Waals surface area contributed by atoms with Crippen LogP contribution in [0.4, 0.5) is 5.82 Å². The Morgan fingerprint density at radius 1 is 1.14 bits per heavy atom. The quantitative estimate of drug-likeness (QED) is 0.889. The molecule has 1 heterocycles. The highest BCUT2D eigenvalue weighted by Crippen LogP contribution is 2.37. The first-order valence-electron chi connectivity index (χ1n) is 6.14. The molecule has 0 bridgehead atoms. The zero-order valence-corrected chi connectivity index (χ0v) is 13.6. The molecule has 0 amide bonds. The first-order valence-corrected chi connectivity index (χ1v) is 6.93. The molecule has 0 spiro atoms. The summed E-state index contributed by atoms with van der Waals surface area (Å²) in [6, 6.07) is 5.50. The zero-order valence-electron chi connectivity index (χ0n) is 12.0. The number of ether oxygens (including phenoxy) is 3. The van der Waals surface area contributed by atoms with Crippen molar-refractivity contribution in [2.45, 2.75) is 6.61 Å². The van der Waals surface area contributed by atoms with Gasteiger partial charge in [0.15, 0.2) is 17.3 Å². The minimum absolute atomic E-state index is 0.326. The third-order valence-electron chi connectivity index (χ3n) is 2.87. The maximum Gasteiger partial charge on any atom is 0.171 e. The number of halogens is 1. The van der Waals surface area contributed by atoms with Crippen LogP contribution in [-0.4, -0.2) is 31.3 Å². The lowest BCUT2D eigenvalue weighted by atomic mass is 10.1. The number of para-hydroxylation sites is 1. The van der Waals surface area contributed by atoms with Crippen molar-refractivity contribution in [1.29, 1.82) is 0 Å². The molecule has 0 aliphatic rings. The van der Waals surface area contributed by atoms with E-state index in [2.05, 4.69) is 25.9 Å². The van der Waals surface area contributed by atoms with Crippen molar-refractivity contribution in [3.05, 3.63) is 28.4 Å². The van der Waals surface area contributed by atoms with Gasteiger partial charge >= 0.3 is 0 Å². The van der Waals surface area contributed by atoms with Gasteiger partial charge in [-0.1, -0.05) is 6.07 Å². The zero-order chi connectivity index (χ0) is 15.4. The van der Waals surface area contributed by atoms with E-state index < -0.39 is 0 Å². The summed E-state index contributed by atoms with van der Waals surface area (Å²) >= 11 is 3.37. The van der Waals surface area contributed by atoms with Gasteiger partial charge in [-0.15, -0.1) is 0 Å². The Morgan fingerprint density at radius 3 is 2.52 bits per heavy atom. The third kappa shape index (κ3) is 3.08. The van der Waals surface area contributed by atoms with Crippen molar-refractivity contribution in [2.24, 2.45) is 0 Å². The highest BCUT2D eigenvalue weighted by molar-refractivity contribution is 9.10. The number of benzene rings is 1. The molecule has 0 saturated heterocycles. The highest BCUT2D eigenvalue weighted by atomic mass is 79.9. The maximum atomic E-state index is 5.93. The van der Waals surface area contributed by atoms with Crippen molar-refractivity contribution in [3.63, 3.8) is 0 Å². The van der Waals surface area contributed by atoms with Crippen LogP contribution in [0.3, 0.4) is 0 Å². The van der Waals surface area contributed by atoms with Gasteiger partial charge in [-0.2, -0.15) is 0 Å². The Hall–Kier alpha value is -1.86. The molecule has 2 N–H and O–H groups in total. The average Bonchev–Trinajstić information content (AvgIpc) is 2.50. The molecule has 0 aliphatic heterocycles. The number of nitrogen functional groups attached to an aromatic ring is 1. The Labute approximate surface area is 131 Å². The summed E-state index contributed by atoms with van der Waals surface area (Å²) in [6.07, 6.45) is 0. The van der Waals surface area contributed by atoms with E-state index in [0.29, 0.717) is 45.5 Å². The van der Waals surface area contributed by atoms with Crippen molar-refractivity contribution >= 4 is 21.7 Å². The van der Waals surface area contributed by atoms with E-state index in [1.165, 1.54) is 0 Å².